The van der Waals surface area contributed by atoms with E-state index in [0.717, 1.165) is 22.6 Å². The fraction of sp³-hybridized carbons (Fsp3) is 0.211. The van der Waals surface area contributed by atoms with E-state index < -0.39 is 5.91 Å². The summed E-state index contributed by atoms with van der Waals surface area (Å²) in [5.74, 6) is 0.681. The lowest BCUT2D eigenvalue weighted by atomic mass is 10.2. The first-order valence-corrected chi connectivity index (χ1v) is 8.60. The molecular formula is C19H19N7O. The normalized spacial score (nSPS) is 11.1. The average molecular weight is 361 g/mol. The molecule has 0 radical (unpaired) electrons. The smallest absolute Gasteiger partial charge is 0.296 e. The molecule has 0 aliphatic heterocycles. The SMILES string of the molecule is Cc1cc(C)n2nc(C(=O)Nc3cc(C)nn3Cc3ccccc3)nc2n1. The minimum absolute atomic E-state index is 0.0707. The molecule has 0 spiro atoms. The molecule has 0 fully saturated rings. The van der Waals surface area contributed by atoms with Crippen molar-refractivity contribution in [1.29, 1.82) is 0 Å². The van der Waals surface area contributed by atoms with Gasteiger partial charge in [0.25, 0.3) is 11.7 Å². The Bertz CT molecular complexity index is 1130. The van der Waals surface area contributed by atoms with E-state index in [2.05, 4.69) is 25.5 Å². The predicted molar refractivity (Wildman–Crippen MR) is 101 cm³/mol. The second-order valence-corrected chi connectivity index (χ2v) is 6.45. The van der Waals surface area contributed by atoms with Gasteiger partial charge in [-0.3, -0.25) is 4.79 Å². The number of nitrogens with zero attached hydrogens (tertiary/aromatic N) is 6. The van der Waals surface area contributed by atoms with Gasteiger partial charge in [0.2, 0.25) is 5.82 Å². The Morgan fingerprint density at radius 2 is 1.78 bits per heavy atom. The number of rotatable bonds is 4. The number of hydrogen-bond acceptors (Lipinski definition) is 5. The summed E-state index contributed by atoms with van der Waals surface area (Å²) in [6, 6.07) is 13.7. The first-order valence-electron chi connectivity index (χ1n) is 8.60. The molecule has 0 saturated carbocycles. The molecule has 1 aromatic carbocycles. The molecular weight excluding hydrogens is 342 g/mol. The number of aryl methyl sites for hydroxylation is 3. The van der Waals surface area contributed by atoms with Gasteiger partial charge in [0, 0.05) is 17.5 Å². The minimum atomic E-state index is -0.397. The molecule has 0 atom stereocenters. The average Bonchev–Trinajstić information content (AvgIpc) is 3.19. The summed E-state index contributed by atoms with van der Waals surface area (Å²) in [7, 11) is 0. The molecule has 3 aromatic heterocycles. The van der Waals surface area contributed by atoms with Crippen molar-refractivity contribution >= 4 is 17.5 Å². The van der Waals surface area contributed by atoms with Crippen LogP contribution in [0.3, 0.4) is 0 Å². The van der Waals surface area contributed by atoms with Gasteiger partial charge < -0.3 is 5.32 Å². The molecule has 0 bridgehead atoms. The van der Waals surface area contributed by atoms with Gasteiger partial charge in [-0.1, -0.05) is 30.3 Å². The van der Waals surface area contributed by atoms with Crippen LogP contribution in [0.1, 0.15) is 33.3 Å². The maximum absolute atomic E-state index is 12.7. The van der Waals surface area contributed by atoms with Crippen molar-refractivity contribution in [2.24, 2.45) is 0 Å². The van der Waals surface area contributed by atoms with Crippen LogP contribution in [0.25, 0.3) is 5.78 Å². The highest BCUT2D eigenvalue weighted by atomic mass is 16.2. The van der Waals surface area contributed by atoms with Crippen LogP contribution in [0.4, 0.5) is 5.82 Å². The number of benzene rings is 1. The number of fused-ring (bicyclic) bond motifs is 1. The minimum Gasteiger partial charge on any atom is -0.304 e. The second kappa shape index (κ2) is 6.64. The van der Waals surface area contributed by atoms with E-state index >= 15 is 0 Å². The van der Waals surface area contributed by atoms with Gasteiger partial charge >= 0.3 is 0 Å². The van der Waals surface area contributed by atoms with E-state index in [0.29, 0.717) is 18.1 Å². The van der Waals surface area contributed by atoms with E-state index in [-0.39, 0.29) is 5.82 Å². The molecule has 4 aromatic rings. The zero-order chi connectivity index (χ0) is 19.0. The highest BCUT2D eigenvalue weighted by Gasteiger charge is 2.17. The number of aromatic nitrogens is 6. The van der Waals surface area contributed by atoms with Crippen LogP contribution < -0.4 is 5.32 Å². The monoisotopic (exact) mass is 361 g/mol. The molecule has 27 heavy (non-hydrogen) atoms. The lowest BCUT2D eigenvalue weighted by Gasteiger charge is -2.07. The molecule has 8 heteroatoms. The summed E-state index contributed by atoms with van der Waals surface area (Å²) in [5.41, 5.74) is 3.61. The van der Waals surface area contributed by atoms with Crippen molar-refractivity contribution in [2.75, 3.05) is 5.32 Å². The lowest BCUT2D eigenvalue weighted by molar-refractivity contribution is 0.101. The molecule has 1 N–H and O–H groups in total. The molecule has 0 aliphatic carbocycles. The van der Waals surface area contributed by atoms with E-state index in [9.17, 15) is 4.79 Å². The first-order chi connectivity index (χ1) is 13.0. The van der Waals surface area contributed by atoms with Crippen molar-refractivity contribution in [3.8, 4) is 0 Å². The third kappa shape index (κ3) is 3.41. The van der Waals surface area contributed by atoms with E-state index in [1.54, 1.807) is 9.20 Å². The quantitative estimate of drug-likeness (QED) is 0.603. The van der Waals surface area contributed by atoms with E-state index in [1.807, 2.05) is 63.2 Å². The van der Waals surface area contributed by atoms with Crippen molar-refractivity contribution in [1.82, 2.24) is 29.4 Å². The first kappa shape index (κ1) is 16.9. The van der Waals surface area contributed by atoms with Crippen LogP contribution in [-0.2, 0) is 6.54 Å². The van der Waals surface area contributed by atoms with Gasteiger partial charge in [-0.05, 0) is 32.4 Å². The van der Waals surface area contributed by atoms with Crippen LogP contribution in [0.15, 0.2) is 42.5 Å². The third-order valence-electron chi connectivity index (χ3n) is 4.14. The zero-order valence-electron chi connectivity index (χ0n) is 15.3. The van der Waals surface area contributed by atoms with Crippen molar-refractivity contribution in [3.63, 3.8) is 0 Å². The maximum atomic E-state index is 12.7. The van der Waals surface area contributed by atoms with Gasteiger partial charge in [-0.25, -0.2) is 14.2 Å². The Morgan fingerprint density at radius 3 is 2.56 bits per heavy atom. The molecule has 4 rings (SSSR count). The summed E-state index contributed by atoms with van der Waals surface area (Å²) in [5, 5.41) is 11.6. The summed E-state index contributed by atoms with van der Waals surface area (Å²) >= 11 is 0. The van der Waals surface area contributed by atoms with Crippen molar-refractivity contribution in [2.45, 2.75) is 27.3 Å². The summed E-state index contributed by atoms with van der Waals surface area (Å²) in [6.07, 6.45) is 0. The molecule has 0 unspecified atom stereocenters. The number of hydrogen-bond donors (Lipinski definition) is 1. The second-order valence-electron chi connectivity index (χ2n) is 6.45. The van der Waals surface area contributed by atoms with Crippen LogP contribution in [-0.4, -0.2) is 35.3 Å². The number of carbonyl (C=O) groups excluding carboxylic acids is 1. The zero-order valence-corrected chi connectivity index (χ0v) is 15.3. The van der Waals surface area contributed by atoms with E-state index in [1.165, 1.54) is 0 Å². The largest absolute Gasteiger partial charge is 0.304 e. The van der Waals surface area contributed by atoms with E-state index in [4.69, 9.17) is 0 Å². The molecule has 0 saturated heterocycles. The topological polar surface area (TPSA) is 90.0 Å². The Morgan fingerprint density at radius 1 is 1.00 bits per heavy atom. The summed E-state index contributed by atoms with van der Waals surface area (Å²) < 4.78 is 3.32. The van der Waals surface area contributed by atoms with Gasteiger partial charge in [-0.2, -0.15) is 10.1 Å². The van der Waals surface area contributed by atoms with Crippen molar-refractivity contribution < 1.29 is 4.79 Å². The lowest BCUT2D eigenvalue weighted by Crippen LogP contribution is -2.17. The standard InChI is InChI=1S/C19H19N7O/c1-12-9-14(3)26-19(20-12)22-17(24-26)18(27)21-16-10-13(2)23-25(16)11-15-7-5-4-6-8-15/h4-10H,11H2,1-3H3,(H,21,27). The Hall–Kier alpha value is -3.55. The summed E-state index contributed by atoms with van der Waals surface area (Å²) in [4.78, 5) is 21.2. The third-order valence-corrected chi connectivity index (χ3v) is 4.14. The molecule has 136 valence electrons. The molecule has 0 aliphatic rings. The Balaban J connectivity index is 1.61. The number of nitrogens with one attached hydrogen (secondary N) is 1. The summed E-state index contributed by atoms with van der Waals surface area (Å²) in [6.45, 7) is 6.22. The Labute approximate surface area is 155 Å². The predicted octanol–water partition coefficient (Wildman–Crippen LogP) is 2.55. The molecule has 8 nitrogen and oxygen atoms in total. The highest BCUT2D eigenvalue weighted by Crippen LogP contribution is 2.14. The van der Waals surface area contributed by atoms with Gasteiger partial charge in [0.1, 0.15) is 5.82 Å². The highest BCUT2D eigenvalue weighted by molar-refractivity contribution is 6.01. The number of anilines is 1. The molecule has 3 heterocycles. The fourth-order valence-corrected chi connectivity index (χ4v) is 2.96. The van der Waals surface area contributed by atoms with Crippen LogP contribution in [0.2, 0.25) is 0 Å². The number of amides is 1. The van der Waals surface area contributed by atoms with Gasteiger partial charge in [0.15, 0.2) is 0 Å². The van der Waals surface area contributed by atoms with Crippen molar-refractivity contribution in [3.05, 3.63) is 70.9 Å². The van der Waals surface area contributed by atoms with Crippen LogP contribution in [0, 0.1) is 20.8 Å². The Kier molecular flexibility index (Phi) is 4.15. The van der Waals surface area contributed by atoms with Gasteiger partial charge in [0.05, 0.1) is 12.2 Å². The van der Waals surface area contributed by atoms with Crippen LogP contribution in [0.5, 0.6) is 0 Å². The van der Waals surface area contributed by atoms with Crippen LogP contribution >= 0.6 is 0 Å². The maximum Gasteiger partial charge on any atom is 0.296 e. The fourth-order valence-electron chi connectivity index (χ4n) is 2.96. The van der Waals surface area contributed by atoms with Gasteiger partial charge in [-0.15, -0.1) is 5.10 Å². The number of carbonyl (C=O) groups is 1. The molecule has 1 amide bonds.